The molecule has 1 heterocycles. The maximum atomic E-state index is 11.9. The van der Waals surface area contributed by atoms with Crippen LogP contribution < -0.4 is 4.74 Å². The molecular formula is C14H15NO3S2. The number of para-hydroxylation sites is 1. The molecule has 0 fully saturated rings. The van der Waals surface area contributed by atoms with E-state index in [-0.39, 0.29) is 12.6 Å². The Kier molecular flexibility index (Phi) is 4.92. The van der Waals surface area contributed by atoms with Crippen LogP contribution in [-0.2, 0) is 11.8 Å². The van der Waals surface area contributed by atoms with E-state index in [2.05, 4.69) is 0 Å². The summed E-state index contributed by atoms with van der Waals surface area (Å²) in [5.41, 5.74) is 0.828. The van der Waals surface area contributed by atoms with E-state index in [0.29, 0.717) is 15.4 Å². The average molecular weight is 309 g/mol. The Hall–Kier alpha value is -1.66. The van der Waals surface area contributed by atoms with Gasteiger partial charge in [-0.2, -0.15) is 0 Å². The number of carbonyl (C=O) groups excluding carboxylic acids is 1. The lowest BCUT2D eigenvalue weighted by Gasteiger charge is -2.07. The molecule has 0 amide bonds. The van der Waals surface area contributed by atoms with E-state index in [1.165, 1.54) is 11.3 Å². The number of aromatic nitrogens is 1. The number of nitrogens with zero attached hydrogens (tertiary/aromatic N) is 1. The summed E-state index contributed by atoms with van der Waals surface area (Å²) < 4.78 is 13.1. The van der Waals surface area contributed by atoms with E-state index in [1.807, 2.05) is 44.3 Å². The minimum absolute atomic E-state index is 0.210. The average Bonchev–Trinajstić information content (AvgIpc) is 2.72. The van der Waals surface area contributed by atoms with Gasteiger partial charge in [-0.3, -0.25) is 0 Å². The summed E-state index contributed by atoms with van der Waals surface area (Å²) in [4.78, 5) is 12.5. The third kappa shape index (κ3) is 3.46. The first kappa shape index (κ1) is 14.7. The number of ether oxygens (including phenoxy) is 2. The van der Waals surface area contributed by atoms with E-state index < -0.39 is 0 Å². The Morgan fingerprint density at radius 2 is 2.00 bits per heavy atom. The Labute approximate surface area is 126 Å². The number of hydrogen-bond donors (Lipinski definition) is 0. The molecule has 4 nitrogen and oxygen atoms in total. The lowest BCUT2D eigenvalue weighted by atomic mass is 10.3. The minimum Gasteiger partial charge on any atom is -0.490 e. The fraction of sp³-hybridized carbons (Fsp3) is 0.286. The van der Waals surface area contributed by atoms with Crippen molar-refractivity contribution >= 4 is 29.5 Å². The highest BCUT2D eigenvalue weighted by molar-refractivity contribution is 7.73. The molecular weight excluding hydrogens is 294 g/mol. The van der Waals surface area contributed by atoms with Crippen molar-refractivity contribution in [1.29, 1.82) is 0 Å². The minimum atomic E-state index is -0.351. The smallest absolute Gasteiger partial charge is 0.350 e. The number of hydrogen-bond acceptors (Lipinski definition) is 5. The fourth-order valence-electron chi connectivity index (χ4n) is 1.58. The van der Waals surface area contributed by atoms with Gasteiger partial charge in [0.15, 0.2) is 3.95 Å². The van der Waals surface area contributed by atoms with Crippen LogP contribution in [0.3, 0.4) is 0 Å². The molecule has 6 heteroatoms. The molecule has 0 N–H and O–H groups in total. The maximum Gasteiger partial charge on any atom is 0.350 e. The van der Waals surface area contributed by atoms with Gasteiger partial charge < -0.3 is 14.0 Å². The molecule has 0 radical (unpaired) electrons. The van der Waals surface area contributed by atoms with Gasteiger partial charge in [0, 0.05) is 12.7 Å². The lowest BCUT2D eigenvalue weighted by molar-refractivity contribution is 0.0454. The van der Waals surface area contributed by atoms with E-state index in [1.54, 1.807) is 4.57 Å². The van der Waals surface area contributed by atoms with Crippen molar-refractivity contribution in [2.45, 2.75) is 6.92 Å². The molecule has 0 saturated heterocycles. The monoisotopic (exact) mass is 309 g/mol. The molecule has 2 aromatic rings. The largest absolute Gasteiger partial charge is 0.490 e. The standard InChI is InChI=1S/C14H15NO3S2/c1-10-12(20-14(19)15(10)2)13(16)18-9-8-17-11-6-4-3-5-7-11/h3-7H,8-9H2,1-2H3. The van der Waals surface area contributed by atoms with Gasteiger partial charge in [-0.25, -0.2) is 4.79 Å². The van der Waals surface area contributed by atoms with Crippen LogP contribution in [-0.4, -0.2) is 23.8 Å². The summed E-state index contributed by atoms with van der Waals surface area (Å²) in [6.07, 6.45) is 0. The van der Waals surface area contributed by atoms with Crippen molar-refractivity contribution in [3.63, 3.8) is 0 Å². The summed E-state index contributed by atoms with van der Waals surface area (Å²) in [5.74, 6) is 0.408. The van der Waals surface area contributed by atoms with Gasteiger partial charge in [-0.1, -0.05) is 29.5 Å². The summed E-state index contributed by atoms with van der Waals surface area (Å²) in [6, 6.07) is 9.41. The second kappa shape index (κ2) is 6.67. The molecule has 0 aliphatic heterocycles. The van der Waals surface area contributed by atoms with Gasteiger partial charge in [0.05, 0.1) is 0 Å². The summed E-state index contributed by atoms with van der Waals surface area (Å²) in [7, 11) is 1.84. The van der Waals surface area contributed by atoms with Crippen LogP contribution in [0.4, 0.5) is 0 Å². The molecule has 0 atom stereocenters. The SMILES string of the molecule is Cc1c(C(=O)OCCOc2ccccc2)sc(=S)n1C. The number of benzene rings is 1. The number of thiazole rings is 1. The molecule has 106 valence electrons. The van der Waals surface area contributed by atoms with Crippen molar-refractivity contribution in [1.82, 2.24) is 4.57 Å². The van der Waals surface area contributed by atoms with Gasteiger partial charge in [0.2, 0.25) is 0 Å². The lowest BCUT2D eigenvalue weighted by Crippen LogP contribution is -2.12. The predicted octanol–water partition coefficient (Wildman–Crippen LogP) is 3.36. The topological polar surface area (TPSA) is 40.5 Å². The van der Waals surface area contributed by atoms with E-state index in [9.17, 15) is 4.79 Å². The van der Waals surface area contributed by atoms with Crippen molar-refractivity contribution in [3.8, 4) is 5.75 Å². The molecule has 0 bridgehead atoms. The molecule has 0 saturated carbocycles. The molecule has 2 rings (SSSR count). The van der Waals surface area contributed by atoms with Crippen LogP contribution in [0, 0.1) is 10.9 Å². The summed E-state index contributed by atoms with van der Waals surface area (Å²) in [6.45, 7) is 2.39. The predicted molar refractivity (Wildman–Crippen MR) is 81.1 cm³/mol. The molecule has 1 aromatic heterocycles. The third-order valence-electron chi connectivity index (χ3n) is 2.81. The van der Waals surface area contributed by atoms with Gasteiger partial charge in [0.25, 0.3) is 0 Å². The van der Waals surface area contributed by atoms with Gasteiger partial charge >= 0.3 is 5.97 Å². The zero-order valence-corrected chi connectivity index (χ0v) is 12.9. The highest BCUT2D eigenvalue weighted by Gasteiger charge is 2.15. The van der Waals surface area contributed by atoms with Crippen LogP contribution in [0.5, 0.6) is 5.75 Å². The summed E-state index contributed by atoms with van der Waals surface area (Å²) in [5, 5.41) is 0. The van der Waals surface area contributed by atoms with Gasteiger partial charge in [0.1, 0.15) is 23.8 Å². The number of carbonyl (C=O) groups is 1. The first-order valence-electron chi connectivity index (χ1n) is 6.11. The van der Waals surface area contributed by atoms with Gasteiger partial charge in [-0.15, -0.1) is 0 Å². The van der Waals surface area contributed by atoms with Crippen LogP contribution in [0.2, 0.25) is 0 Å². The van der Waals surface area contributed by atoms with Crippen LogP contribution in [0.15, 0.2) is 30.3 Å². The summed E-state index contributed by atoms with van der Waals surface area (Å²) >= 11 is 6.40. The Bertz CT molecular complexity index is 646. The van der Waals surface area contributed by atoms with Crippen molar-refractivity contribution in [2.75, 3.05) is 13.2 Å². The third-order valence-corrected chi connectivity index (χ3v) is 4.45. The molecule has 0 spiro atoms. The normalized spacial score (nSPS) is 10.3. The first-order valence-corrected chi connectivity index (χ1v) is 7.33. The first-order chi connectivity index (χ1) is 9.59. The van der Waals surface area contributed by atoms with Gasteiger partial charge in [-0.05, 0) is 31.3 Å². The maximum absolute atomic E-state index is 11.9. The van der Waals surface area contributed by atoms with Crippen LogP contribution >= 0.6 is 23.6 Å². The second-order valence-corrected chi connectivity index (χ2v) is 5.78. The zero-order chi connectivity index (χ0) is 14.5. The Morgan fingerprint density at radius 1 is 1.30 bits per heavy atom. The molecule has 0 unspecified atom stereocenters. The molecule has 1 aromatic carbocycles. The van der Waals surface area contributed by atoms with Crippen LogP contribution in [0.25, 0.3) is 0 Å². The molecule has 0 aliphatic carbocycles. The van der Waals surface area contributed by atoms with Crippen molar-refractivity contribution in [3.05, 3.63) is 44.9 Å². The highest BCUT2D eigenvalue weighted by Crippen LogP contribution is 2.18. The van der Waals surface area contributed by atoms with Crippen molar-refractivity contribution in [2.24, 2.45) is 7.05 Å². The number of esters is 1. The molecule has 20 heavy (non-hydrogen) atoms. The van der Waals surface area contributed by atoms with E-state index >= 15 is 0 Å². The molecule has 0 aliphatic rings. The zero-order valence-electron chi connectivity index (χ0n) is 11.3. The van der Waals surface area contributed by atoms with Crippen LogP contribution in [0.1, 0.15) is 15.4 Å². The Balaban J connectivity index is 1.84. The van der Waals surface area contributed by atoms with E-state index in [0.717, 1.165) is 11.4 Å². The Morgan fingerprint density at radius 3 is 2.60 bits per heavy atom. The van der Waals surface area contributed by atoms with Crippen molar-refractivity contribution < 1.29 is 14.3 Å². The van der Waals surface area contributed by atoms with E-state index in [4.69, 9.17) is 21.7 Å². The fourth-order valence-corrected chi connectivity index (χ4v) is 2.85. The number of rotatable bonds is 5. The second-order valence-electron chi connectivity index (χ2n) is 4.14. The highest BCUT2D eigenvalue weighted by atomic mass is 32.1. The quantitative estimate of drug-likeness (QED) is 0.482.